The minimum absolute atomic E-state index is 0.00590. The quantitative estimate of drug-likeness (QED) is 0.705. The summed E-state index contributed by atoms with van der Waals surface area (Å²) in [7, 11) is 0. The molecule has 0 spiro atoms. The summed E-state index contributed by atoms with van der Waals surface area (Å²) in [4.78, 5) is 29.5. The Bertz CT molecular complexity index is 657. The summed E-state index contributed by atoms with van der Waals surface area (Å²) in [5.74, 6) is 0.477. The minimum atomic E-state index is -0.670. The Morgan fingerprint density at radius 1 is 1.31 bits per heavy atom. The van der Waals surface area contributed by atoms with E-state index in [4.69, 9.17) is 11.6 Å². The SMILES string of the molecule is CC(C)CN(CC(=O)N1CCc2ccccc2C1C)C(=O)C(C)(C)CCl. The first kappa shape index (κ1) is 20.8. The zero-order valence-corrected chi connectivity index (χ0v) is 17.3. The maximum atomic E-state index is 13.0. The molecule has 1 aromatic rings. The monoisotopic (exact) mass is 378 g/mol. The highest BCUT2D eigenvalue weighted by Gasteiger charge is 2.34. The van der Waals surface area contributed by atoms with E-state index in [9.17, 15) is 9.59 Å². The Morgan fingerprint density at radius 2 is 1.96 bits per heavy atom. The van der Waals surface area contributed by atoms with Crippen molar-refractivity contribution in [3.8, 4) is 0 Å². The number of carbonyl (C=O) groups excluding carboxylic acids is 2. The number of hydrogen-bond acceptors (Lipinski definition) is 2. The van der Waals surface area contributed by atoms with Crippen LogP contribution in [0.5, 0.6) is 0 Å². The predicted octanol–water partition coefficient (Wildman–Crippen LogP) is 3.88. The van der Waals surface area contributed by atoms with Gasteiger partial charge < -0.3 is 9.80 Å². The van der Waals surface area contributed by atoms with Crippen LogP contribution >= 0.6 is 11.6 Å². The lowest BCUT2D eigenvalue weighted by molar-refractivity contribution is -0.147. The summed E-state index contributed by atoms with van der Waals surface area (Å²) in [5, 5.41) is 0. The Hall–Kier alpha value is -1.55. The van der Waals surface area contributed by atoms with Gasteiger partial charge in [-0.25, -0.2) is 0 Å². The lowest BCUT2D eigenvalue weighted by Crippen LogP contribution is -2.50. The van der Waals surface area contributed by atoms with E-state index in [1.54, 1.807) is 4.90 Å². The Morgan fingerprint density at radius 3 is 2.58 bits per heavy atom. The number of carbonyl (C=O) groups is 2. The maximum absolute atomic E-state index is 13.0. The predicted molar refractivity (Wildman–Crippen MR) is 106 cm³/mol. The van der Waals surface area contributed by atoms with E-state index in [0.717, 1.165) is 6.42 Å². The molecule has 0 fully saturated rings. The van der Waals surface area contributed by atoms with Crippen molar-refractivity contribution >= 4 is 23.4 Å². The third-order valence-corrected chi connectivity index (χ3v) is 5.70. The highest BCUT2D eigenvalue weighted by atomic mass is 35.5. The fourth-order valence-corrected chi connectivity index (χ4v) is 3.63. The summed E-state index contributed by atoms with van der Waals surface area (Å²) in [6, 6.07) is 8.31. The molecule has 2 rings (SSSR count). The van der Waals surface area contributed by atoms with Gasteiger partial charge in [0, 0.05) is 19.0 Å². The highest BCUT2D eigenvalue weighted by molar-refractivity contribution is 6.19. The van der Waals surface area contributed by atoms with Crippen LogP contribution < -0.4 is 0 Å². The van der Waals surface area contributed by atoms with Gasteiger partial charge >= 0.3 is 0 Å². The second-order valence-electron chi connectivity index (χ2n) is 8.31. The molecule has 1 unspecified atom stereocenters. The molecule has 1 atom stereocenters. The zero-order valence-electron chi connectivity index (χ0n) is 16.6. The molecule has 144 valence electrons. The molecule has 4 nitrogen and oxygen atoms in total. The summed E-state index contributed by atoms with van der Waals surface area (Å²) >= 11 is 5.99. The van der Waals surface area contributed by atoms with Crippen LogP contribution in [0.3, 0.4) is 0 Å². The number of fused-ring (bicyclic) bond motifs is 1. The normalized spacial score (nSPS) is 17.2. The summed E-state index contributed by atoms with van der Waals surface area (Å²) < 4.78 is 0. The van der Waals surface area contributed by atoms with E-state index in [1.165, 1.54) is 11.1 Å². The molecule has 0 saturated heterocycles. The van der Waals surface area contributed by atoms with Gasteiger partial charge in [-0.1, -0.05) is 38.1 Å². The standard InChI is InChI=1S/C21H31ClN2O2/c1-15(2)12-23(20(26)21(4,5)14-22)13-19(25)24-11-10-17-8-6-7-9-18(17)16(24)3/h6-9,15-16H,10-14H2,1-5H3. The van der Waals surface area contributed by atoms with Gasteiger partial charge in [-0.15, -0.1) is 11.6 Å². The topological polar surface area (TPSA) is 40.6 Å². The smallest absolute Gasteiger partial charge is 0.242 e. The molecule has 0 aromatic heterocycles. The van der Waals surface area contributed by atoms with Gasteiger partial charge in [0.05, 0.1) is 18.0 Å². The molecular formula is C21H31ClN2O2. The molecule has 1 aliphatic heterocycles. The molecule has 0 bridgehead atoms. The average molecular weight is 379 g/mol. The first-order chi connectivity index (χ1) is 12.2. The number of hydrogen-bond donors (Lipinski definition) is 0. The highest BCUT2D eigenvalue weighted by Crippen LogP contribution is 2.29. The number of alkyl halides is 1. The van der Waals surface area contributed by atoms with Crippen molar-refractivity contribution in [3.63, 3.8) is 0 Å². The Balaban J connectivity index is 2.16. The van der Waals surface area contributed by atoms with Gasteiger partial charge in [0.1, 0.15) is 0 Å². The van der Waals surface area contributed by atoms with Gasteiger partial charge in [0.2, 0.25) is 11.8 Å². The molecule has 26 heavy (non-hydrogen) atoms. The molecule has 1 heterocycles. The van der Waals surface area contributed by atoms with Crippen molar-refractivity contribution in [2.45, 2.75) is 47.1 Å². The van der Waals surface area contributed by atoms with Crippen molar-refractivity contribution in [2.75, 3.05) is 25.5 Å². The van der Waals surface area contributed by atoms with Crippen LogP contribution in [0.25, 0.3) is 0 Å². The largest absolute Gasteiger partial charge is 0.334 e. The summed E-state index contributed by atoms with van der Waals surface area (Å²) in [6.07, 6.45) is 0.859. The van der Waals surface area contributed by atoms with E-state index in [1.807, 2.05) is 30.9 Å². The lowest BCUT2D eigenvalue weighted by Gasteiger charge is -2.38. The molecule has 2 amide bonds. The molecule has 0 saturated carbocycles. The van der Waals surface area contributed by atoms with Gasteiger partial charge in [0.15, 0.2) is 0 Å². The third-order valence-electron chi connectivity index (χ3n) is 5.03. The van der Waals surface area contributed by atoms with E-state index < -0.39 is 5.41 Å². The Labute approximate surface area is 162 Å². The van der Waals surface area contributed by atoms with E-state index >= 15 is 0 Å². The summed E-state index contributed by atoms with van der Waals surface area (Å²) in [5.41, 5.74) is 1.84. The average Bonchev–Trinajstić information content (AvgIpc) is 2.60. The third kappa shape index (κ3) is 4.59. The zero-order chi connectivity index (χ0) is 19.5. The number of benzene rings is 1. The van der Waals surface area contributed by atoms with Crippen molar-refractivity contribution < 1.29 is 9.59 Å². The first-order valence-electron chi connectivity index (χ1n) is 9.40. The summed E-state index contributed by atoms with van der Waals surface area (Å²) in [6.45, 7) is 11.2. The maximum Gasteiger partial charge on any atom is 0.242 e. The van der Waals surface area contributed by atoms with Gasteiger partial charge in [-0.2, -0.15) is 0 Å². The van der Waals surface area contributed by atoms with Crippen molar-refractivity contribution in [3.05, 3.63) is 35.4 Å². The molecular weight excluding hydrogens is 348 g/mol. The van der Waals surface area contributed by atoms with Crippen LogP contribution in [0.15, 0.2) is 24.3 Å². The van der Waals surface area contributed by atoms with Crippen LogP contribution in [0.2, 0.25) is 0 Å². The lowest BCUT2D eigenvalue weighted by atomic mass is 9.92. The number of halogens is 1. The van der Waals surface area contributed by atoms with Gasteiger partial charge in [-0.3, -0.25) is 9.59 Å². The van der Waals surface area contributed by atoms with Crippen molar-refractivity contribution in [1.82, 2.24) is 9.80 Å². The number of rotatable bonds is 6. The number of amides is 2. The van der Waals surface area contributed by atoms with Crippen LogP contribution in [0.4, 0.5) is 0 Å². The molecule has 0 radical (unpaired) electrons. The molecule has 0 N–H and O–H groups in total. The molecule has 1 aliphatic rings. The fourth-order valence-electron chi connectivity index (χ4n) is 3.51. The fraction of sp³-hybridized carbons (Fsp3) is 0.619. The van der Waals surface area contributed by atoms with Crippen LogP contribution in [0, 0.1) is 11.3 Å². The second kappa shape index (κ2) is 8.43. The van der Waals surface area contributed by atoms with E-state index in [-0.39, 0.29) is 36.2 Å². The van der Waals surface area contributed by atoms with Gasteiger partial charge in [0.25, 0.3) is 0 Å². The second-order valence-corrected chi connectivity index (χ2v) is 8.58. The van der Waals surface area contributed by atoms with E-state index in [2.05, 4.69) is 32.9 Å². The van der Waals surface area contributed by atoms with Crippen LogP contribution in [0.1, 0.15) is 51.8 Å². The van der Waals surface area contributed by atoms with Crippen LogP contribution in [-0.2, 0) is 16.0 Å². The van der Waals surface area contributed by atoms with Crippen LogP contribution in [-0.4, -0.2) is 47.1 Å². The number of nitrogens with zero attached hydrogens (tertiary/aromatic N) is 2. The minimum Gasteiger partial charge on any atom is -0.334 e. The van der Waals surface area contributed by atoms with Gasteiger partial charge in [-0.05, 0) is 44.2 Å². The first-order valence-corrected chi connectivity index (χ1v) is 9.93. The van der Waals surface area contributed by atoms with Crippen molar-refractivity contribution in [2.24, 2.45) is 11.3 Å². The molecule has 1 aromatic carbocycles. The molecule has 5 heteroatoms. The van der Waals surface area contributed by atoms with Crippen molar-refractivity contribution in [1.29, 1.82) is 0 Å². The van der Waals surface area contributed by atoms with E-state index in [0.29, 0.717) is 13.1 Å². The Kier molecular flexibility index (Phi) is 6.73. The molecule has 0 aliphatic carbocycles.